The van der Waals surface area contributed by atoms with Crippen molar-refractivity contribution >= 4 is 0 Å². The fourth-order valence-electron chi connectivity index (χ4n) is 3.04. The van der Waals surface area contributed by atoms with Gasteiger partial charge in [-0.1, -0.05) is 0 Å². The van der Waals surface area contributed by atoms with E-state index in [0.29, 0.717) is 19.6 Å². The SMILES string of the molecule is Cc1nnc(CN(C)CC(O)CN2CC(C)OC(C)C2)n1C. The first kappa shape index (κ1) is 17.3. The van der Waals surface area contributed by atoms with Crippen molar-refractivity contribution in [1.82, 2.24) is 24.6 Å². The Labute approximate surface area is 132 Å². The van der Waals surface area contributed by atoms with Crippen molar-refractivity contribution in [1.29, 1.82) is 0 Å². The van der Waals surface area contributed by atoms with Gasteiger partial charge in [0.25, 0.3) is 0 Å². The maximum absolute atomic E-state index is 10.3. The summed E-state index contributed by atoms with van der Waals surface area (Å²) in [7, 11) is 3.96. The molecule has 1 aromatic rings. The number of ether oxygens (including phenoxy) is 1. The van der Waals surface area contributed by atoms with Gasteiger partial charge in [0.2, 0.25) is 0 Å². The second-order valence-electron chi connectivity index (χ2n) is 6.55. The molecule has 1 aromatic heterocycles. The minimum absolute atomic E-state index is 0.232. The van der Waals surface area contributed by atoms with E-state index in [-0.39, 0.29) is 18.3 Å². The quantitative estimate of drug-likeness (QED) is 0.799. The third-order valence-corrected chi connectivity index (χ3v) is 4.08. The lowest BCUT2D eigenvalue weighted by Gasteiger charge is -2.36. The number of hydrogen-bond donors (Lipinski definition) is 1. The van der Waals surface area contributed by atoms with Crippen LogP contribution in [0.15, 0.2) is 0 Å². The van der Waals surface area contributed by atoms with Gasteiger partial charge in [-0.05, 0) is 27.8 Å². The van der Waals surface area contributed by atoms with E-state index in [1.165, 1.54) is 0 Å². The maximum atomic E-state index is 10.3. The fourth-order valence-corrected chi connectivity index (χ4v) is 3.04. The zero-order valence-corrected chi connectivity index (χ0v) is 14.4. The number of aliphatic hydroxyl groups is 1. The Kier molecular flexibility index (Phi) is 5.91. The van der Waals surface area contributed by atoms with Gasteiger partial charge in [0.1, 0.15) is 11.6 Å². The van der Waals surface area contributed by atoms with Crippen LogP contribution in [0.1, 0.15) is 25.5 Å². The lowest BCUT2D eigenvalue weighted by atomic mass is 10.2. The van der Waals surface area contributed by atoms with Gasteiger partial charge < -0.3 is 14.4 Å². The molecule has 7 nitrogen and oxygen atoms in total. The van der Waals surface area contributed by atoms with Crippen LogP contribution in [0.2, 0.25) is 0 Å². The number of hydrogen-bond acceptors (Lipinski definition) is 6. The van der Waals surface area contributed by atoms with Crippen molar-refractivity contribution in [2.45, 2.75) is 45.6 Å². The van der Waals surface area contributed by atoms with Crippen molar-refractivity contribution in [2.75, 3.05) is 33.2 Å². The normalized spacial score (nSPS) is 24.9. The fraction of sp³-hybridized carbons (Fsp3) is 0.867. The summed E-state index contributed by atoms with van der Waals surface area (Å²) in [5.41, 5.74) is 0. The van der Waals surface area contributed by atoms with Crippen molar-refractivity contribution < 1.29 is 9.84 Å². The summed E-state index contributed by atoms with van der Waals surface area (Å²) in [5, 5.41) is 18.6. The van der Waals surface area contributed by atoms with E-state index in [1.54, 1.807) is 0 Å². The molecule has 1 saturated heterocycles. The average molecular weight is 311 g/mol. The van der Waals surface area contributed by atoms with Crippen LogP contribution in [0.25, 0.3) is 0 Å². The molecule has 2 heterocycles. The van der Waals surface area contributed by atoms with Crippen LogP contribution < -0.4 is 0 Å². The molecule has 0 radical (unpaired) electrons. The molecule has 0 amide bonds. The number of morpholine rings is 1. The molecular formula is C15H29N5O2. The second kappa shape index (κ2) is 7.50. The monoisotopic (exact) mass is 311 g/mol. The molecule has 0 aliphatic carbocycles. The number of aryl methyl sites for hydroxylation is 1. The van der Waals surface area contributed by atoms with Gasteiger partial charge in [-0.3, -0.25) is 9.80 Å². The van der Waals surface area contributed by atoms with E-state index in [4.69, 9.17) is 4.74 Å². The number of likely N-dealkylation sites (N-methyl/N-ethyl adjacent to an activating group) is 1. The lowest BCUT2D eigenvalue weighted by molar-refractivity contribution is -0.0777. The van der Waals surface area contributed by atoms with Crippen molar-refractivity contribution in [3.05, 3.63) is 11.6 Å². The van der Waals surface area contributed by atoms with Crippen LogP contribution in [-0.4, -0.2) is 81.2 Å². The minimum Gasteiger partial charge on any atom is -0.390 e. The zero-order valence-electron chi connectivity index (χ0n) is 14.4. The Hall–Kier alpha value is -1.02. The molecule has 1 aliphatic heterocycles. The molecular weight excluding hydrogens is 282 g/mol. The first-order chi connectivity index (χ1) is 10.3. The molecule has 22 heavy (non-hydrogen) atoms. The highest BCUT2D eigenvalue weighted by Gasteiger charge is 2.24. The summed E-state index contributed by atoms with van der Waals surface area (Å²) in [6.07, 6.45) is 0.0856. The molecule has 1 fully saturated rings. The molecule has 1 N–H and O–H groups in total. The summed E-state index contributed by atoms with van der Waals surface area (Å²) < 4.78 is 7.70. The summed E-state index contributed by atoms with van der Waals surface area (Å²) in [6.45, 7) is 9.85. The van der Waals surface area contributed by atoms with Gasteiger partial charge in [0.05, 0.1) is 24.9 Å². The second-order valence-corrected chi connectivity index (χ2v) is 6.55. The first-order valence-corrected chi connectivity index (χ1v) is 7.94. The molecule has 126 valence electrons. The molecule has 7 heteroatoms. The average Bonchev–Trinajstić information content (AvgIpc) is 2.69. The Balaban J connectivity index is 1.78. The highest BCUT2D eigenvalue weighted by atomic mass is 16.5. The Bertz CT molecular complexity index is 468. The van der Waals surface area contributed by atoms with Crippen LogP contribution >= 0.6 is 0 Å². The molecule has 0 spiro atoms. The van der Waals surface area contributed by atoms with Crippen molar-refractivity contribution in [3.63, 3.8) is 0 Å². The van der Waals surface area contributed by atoms with E-state index in [0.717, 1.165) is 24.7 Å². The summed E-state index contributed by atoms with van der Waals surface area (Å²) in [5.74, 6) is 1.82. The van der Waals surface area contributed by atoms with Gasteiger partial charge in [-0.2, -0.15) is 0 Å². The number of rotatable bonds is 6. The topological polar surface area (TPSA) is 66.7 Å². The lowest BCUT2D eigenvalue weighted by Crippen LogP contribution is -2.49. The zero-order chi connectivity index (χ0) is 16.3. The van der Waals surface area contributed by atoms with Crippen LogP contribution in [-0.2, 0) is 18.3 Å². The third-order valence-electron chi connectivity index (χ3n) is 4.08. The smallest absolute Gasteiger partial charge is 0.146 e. The number of aromatic nitrogens is 3. The standard InChI is InChI=1S/C15H29N5O2/c1-11-6-20(7-12(2)22-11)9-14(21)8-18(4)10-15-17-16-13(3)19(15)5/h11-12,14,21H,6-10H2,1-5H3. The predicted molar refractivity (Wildman–Crippen MR) is 84.5 cm³/mol. The van der Waals surface area contributed by atoms with Crippen molar-refractivity contribution in [2.24, 2.45) is 7.05 Å². The Morgan fingerprint density at radius 2 is 1.95 bits per heavy atom. The summed E-state index contributed by atoms with van der Waals surface area (Å²) in [4.78, 5) is 4.37. The minimum atomic E-state index is -0.378. The largest absolute Gasteiger partial charge is 0.390 e. The van der Waals surface area contributed by atoms with Crippen LogP contribution in [0.3, 0.4) is 0 Å². The van der Waals surface area contributed by atoms with E-state index in [1.807, 2.05) is 25.6 Å². The Morgan fingerprint density at radius 3 is 2.50 bits per heavy atom. The Morgan fingerprint density at radius 1 is 1.32 bits per heavy atom. The summed E-state index contributed by atoms with van der Waals surface area (Å²) in [6, 6.07) is 0. The highest BCUT2D eigenvalue weighted by Crippen LogP contribution is 2.11. The first-order valence-electron chi connectivity index (χ1n) is 7.94. The van der Waals surface area contributed by atoms with Crippen LogP contribution in [0.5, 0.6) is 0 Å². The molecule has 0 saturated carbocycles. The van der Waals surface area contributed by atoms with Gasteiger partial charge in [-0.15, -0.1) is 10.2 Å². The van der Waals surface area contributed by atoms with Gasteiger partial charge in [0.15, 0.2) is 0 Å². The highest BCUT2D eigenvalue weighted by molar-refractivity contribution is 4.92. The van der Waals surface area contributed by atoms with Gasteiger partial charge in [-0.25, -0.2) is 0 Å². The van der Waals surface area contributed by atoms with E-state index in [9.17, 15) is 5.11 Å². The predicted octanol–water partition coefficient (Wildman–Crippen LogP) is 0.0254. The van der Waals surface area contributed by atoms with E-state index in [2.05, 4.69) is 33.8 Å². The maximum Gasteiger partial charge on any atom is 0.146 e. The molecule has 0 bridgehead atoms. The van der Waals surface area contributed by atoms with E-state index >= 15 is 0 Å². The van der Waals surface area contributed by atoms with Crippen LogP contribution in [0, 0.1) is 6.92 Å². The number of β-amino-alcohol motifs (C(OH)–C–C–N with tert-alkyl or cyclic N) is 1. The molecule has 3 atom stereocenters. The number of nitrogens with zero attached hydrogens (tertiary/aromatic N) is 5. The van der Waals surface area contributed by atoms with Gasteiger partial charge in [0, 0.05) is 33.2 Å². The molecule has 2 rings (SSSR count). The molecule has 1 aliphatic rings. The summed E-state index contributed by atoms with van der Waals surface area (Å²) >= 11 is 0. The number of aliphatic hydroxyl groups excluding tert-OH is 1. The molecule has 3 unspecified atom stereocenters. The molecule has 0 aromatic carbocycles. The third kappa shape index (κ3) is 4.74. The van der Waals surface area contributed by atoms with E-state index < -0.39 is 0 Å². The van der Waals surface area contributed by atoms with Crippen LogP contribution in [0.4, 0.5) is 0 Å². The van der Waals surface area contributed by atoms with Gasteiger partial charge >= 0.3 is 0 Å². The van der Waals surface area contributed by atoms with Crippen molar-refractivity contribution in [3.8, 4) is 0 Å².